The Balaban J connectivity index is 3.70. The van der Waals surface area contributed by atoms with Crippen LogP contribution in [0.1, 0.15) is 19.8 Å². The molecule has 0 radical (unpaired) electrons. The van der Waals surface area contributed by atoms with Gasteiger partial charge in [-0.05, 0) is 6.42 Å². The molecule has 0 aromatic rings. The van der Waals surface area contributed by atoms with Crippen LogP contribution in [0.5, 0.6) is 0 Å². The largest absolute Gasteiger partial charge is 0.448 e. The molecule has 0 aliphatic rings. The van der Waals surface area contributed by atoms with Gasteiger partial charge in [-0.1, -0.05) is 13.3 Å². The van der Waals surface area contributed by atoms with Crippen molar-refractivity contribution in [1.29, 1.82) is 0 Å². The van der Waals surface area contributed by atoms with Crippen LogP contribution >= 0.6 is 0 Å². The summed E-state index contributed by atoms with van der Waals surface area (Å²) >= 11 is 0. The Bertz CT molecular complexity index is 166. The molecule has 0 fully saturated rings. The van der Waals surface area contributed by atoms with Gasteiger partial charge in [-0.2, -0.15) is 5.01 Å². The normalized spacial score (nSPS) is 9.38. The summed E-state index contributed by atoms with van der Waals surface area (Å²) in [5, 5.41) is 2.75. The highest BCUT2D eigenvalue weighted by atomic mass is 19.1. The molecule has 13 heavy (non-hydrogen) atoms. The average molecular weight is 192 g/mol. The van der Waals surface area contributed by atoms with Crippen LogP contribution in [-0.2, 0) is 4.74 Å². The lowest BCUT2D eigenvalue weighted by molar-refractivity contribution is 0.0990. The number of halogens is 1. The number of alkyl halides is 1. The SMILES string of the molecule is CCCCOC(=O)N(CCF)N=O. The van der Waals surface area contributed by atoms with E-state index >= 15 is 0 Å². The quantitative estimate of drug-likeness (QED) is 0.366. The van der Waals surface area contributed by atoms with Gasteiger partial charge in [0.15, 0.2) is 0 Å². The maximum Gasteiger partial charge on any atom is 0.433 e. The van der Waals surface area contributed by atoms with Gasteiger partial charge in [0, 0.05) is 0 Å². The van der Waals surface area contributed by atoms with Gasteiger partial charge in [-0.3, -0.25) is 0 Å². The van der Waals surface area contributed by atoms with E-state index < -0.39 is 12.8 Å². The van der Waals surface area contributed by atoms with Crippen molar-refractivity contribution in [2.75, 3.05) is 19.8 Å². The Morgan fingerprint density at radius 1 is 1.62 bits per heavy atom. The molecule has 6 heteroatoms. The number of hydrogen-bond acceptors (Lipinski definition) is 4. The van der Waals surface area contributed by atoms with E-state index in [0.29, 0.717) is 11.4 Å². The van der Waals surface area contributed by atoms with Crippen LogP contribution < -0.4 is 0 Å². The number of carbonyl (C=O) groups excluding carboxylic acids is 1. The summed E-state index contributed by atoms with van der Waals surface area (Å²) in [4.78, 5) is 20.9. The average Bonchev–Trinajstić information content (AvgIpc) is 2.14. The molecule has 0 aliphatic heterocycles. The monoisotopic (exact) mass is 192 g/mol. The van der Waals surface area contributed by atoms with Gasteiger partial charge in [-0.15, -0.1) is 4.91 Å². The first-order valence-corrected chi connectivity index (χ1v) is 4.09. The topological polar surface area (TPSA) is 59.0 Å². The van der Waals surface area contributed by atoms with Crippen molar-refractivity contribution < 1.29 is 13.9 Å². The zero-order valence-corrected chi connectivity index (χ0v) is 7.53. The van der Waals surface area contributed by atoms with Crippen molar-refractivity contribution in [3.8, 4) is 0 Å². The standard InChI is InChI=1S/C7H13FN2O3/c1-2-3-6-13-7(11)10(9-12)5-4-8/h2-6H2,1H3. The summed E-state index contributed by atoms with van der Waals surface area (Å²) in [6.45, 7) is 1.00. The van der Waals surface area contributed by atoms with E-state index in [0.717, 1.165) is 6.42 Å². The number of hydrogen-bond donors (Lipinski definition) is 0. The zero-order valence-electron chi connectivity index (χ0n) is 7.53. The molecule has 0 rings (SSSR count). The molecule has 76 valence electrons. The number of nitrogens with zero attached hydrogens (tertiary/aromatic N) is 2. The molecule has 0 atom stereocenters. The molecule has 0 bridgehead atoms. The Morgan fingerprint density at radius 3 is 2.77 bits per heavy atom. The third-order valence-corrected chi connectivity index (χ3v) is 1.33. The summed E-state index contributed by atoms with van der Waals surface area (Å²) in [7, 11) is 0. The van der Waals surface area contributed by atoms with Crippen molar-refractivity contribution in [3.05, 3.63) is 4.91 Å². The number of rotatable bonds is 6. The number of amides is 1. The highest BCUT2D eigenvalue weighted by Gasteiger charge is 2.14. The molecule has 5 nitrogen and oxygen atoms in total. The molecular weight excluding hydrogens is 179 g/mol. The predicted octanol–water partition coefficient (Wildman–Crippen LogP) is 1.88. The van der Waals surface area contributed by atoms with Crippen LogP contribution in [0.4, 0.5) is 9.18 Å². The zero-order chi connectivity index (χ0) is 10.1. The van der Waals surface area contributed by atoms with E-state index in [2.05, 4.69) is 10.0 Å². The van der Waals surface area contributed by atoms with Gasteiger partial charge >= 0.3 is 6.09 Å². The van der Waals surface area contributed by atoms with E-state index in [4.69, 9.17) is 0 Å². The second-order valence-electron chi connectivity index (χ2n) is 2.36. The van der Waals surface area contributed by atoms with E-state index in [1.807, 2.05) is 6.92 Å². The number of nitroso groups, excluding NO2 is 1. The first kappa shape index (κ1) is 11.8. The fraction of sp³-hybridized carbons (Fsp3) is 0.857. The van der Waals surface area contributed by atoms with Gasteiger partial charge in [0.05, 0.1) is 18.4 Å². The maximum absolute atomic E-state index is 11.7. The van der Waals surface area contributed by atoms with Crippen molar-refractivity contribution in [1.82, 2.24) is 5.01 Å². The second-order valence-corrected chi connectivity index (χ2v) is 2.36. The summed E-state index contributed by atoms with van der Waals surface area (Å²) in [5.74, 6) is 0. The molecule has 0 heterocycles. The van der Waals surface area contributed by atoms with E-state index in [1.165, 1.54) is 0 Å². The first-order valence-electron chi connectivity index (χ1n) is 4.09. The lowest BCUT2D eigenvalue weighted by atomic mass is 10.4. The molecule has 0 saturated heterocycles. The predicted molar refractivity (Wildman–Crippen MR) is 44.7 cm³/mol. The van der Waals surface area contributed by atoms with Gasteiger partial charge in [-0.25, -0.2) is 9.18 Å². The smallest absolute Gasteiger partial charge is 0.433 e. The maximum atomic E-state index is 11.7. The van der Waals surface area contributed by atoms with Crippen LogP contribution in [0.15, 0.2) is 5.29 Å². The Kier molecular flexibility index (Phi) is 6.76. The molecule has 0 N–H and O–H groups in total. The van der Waals surface area contributed by atoms with Gasteiger partial charge < -0.3 is 4.74 Å². The Hall–Kier alpha value is -1.20. The number of carbonyl (C=O) groups is 1. The molecular formula is C7H13FN2O3. The van der Waals surface area contributed by atoms with Crippen LogP contribution in [-0.4, -0.2) is 30.9 Å². The van der Waals surface area contributed by atoms with Crippen LogP contribution in [0.2, 0.25) is 0 Å². The molecule has 1 amide bonds. The van der Waals surface area contributed by atoms with Crippen LogP contribution in [0, 0.1) is 4.91 Å². The first-order chi connectivity index (χ1) is 6.26. The second kappa shape index (κ2) is 7.45. The fourth-order valence-corrected chi connectivity index (χ4v) is 0.624. The Morgan fingerprint density at radius 2 is 2.31 bits per heavy atom. The minimum absolute atomic E-state index is 0.230. The molecule has 0 spiro atoms. The molecule has 0 unspecified atom stereocenters. The van der Waals surface area contributed by atoms with Crippen LogP contribution in [0.25, 0.3) is 0 Å². The van der Waals surface area contributed by atoms with Crippen molar-refractivity contribution >= 4 is 6.09 Å². The van der Waals surface area contributed by atoms with Crippen molar-refractivity contribution in [2.45, 2.75) is 19.8 Å². The van der Waals surface area contributed by atoms with E-state index in [9.17, 15) is 14.1 Å². The van der Waals surface area contributed by atoms with Gasteiger partial charge in [0.2, 0.25) is 0 Å². The van der Waals surface area contributed by atoms with Crippen LogP contribution in [0.3, 0.4) is 0 Å². The molecule has 0 aromatic heterocycles. The third kappa shape index (κ3) is 5.10. The minimum atomic E-state index is -0.888. The van der Waals surface area contributed by atoms with Gasteiger partial charge in [0.1, 0.15) is 6.67 Å². The summed E-state index contributed by atoms with van der Waals surface area (Å²) in [5.41, 5.74) is 0. The lowest BCUT2D eigenvalue weighted by Gasteiger charge is -2.10. The van der Waals surface area contributed by atoms with Crippen molar-refractivity contribution in [2.24, 2.45) is 5.29 Å². The van der Waals surface area contributed by atoms with Gasteiger partial charge in [0.25, 0.3) is 0 Å². The fourth-order valence-electron chi connectivity index (χ4n) is 0.624. The number of ether oxygens (including phenoxy) is 1. The Labute approximate surface area is 75.8 Å². The van der Waals surface area contributed by atoms with Crippen molar-refractivity contribution in [3.63, 3.8) is 0 Å². The summed E-state index contributed by atoms with van der Waals surface area (Å²) in [6, 6.07) is 0. The summed E-state index contributed by atoms with van der Waals surface area (Å²) in [6.07, 6.45) is 0.708. The molecule has 0 aliphatic carbocycles. The minimum Gasteiger partial charge on any atom is -0.448 e. The lowest BCUT2D eigenvalue weighted by Crippen LogP contribution is -2.28. The number of unbranched alkanes of at least 4 members (excludes halogenated alkanes) is 1. The molecule has 0 saturated carbocycles. The highest BCUT2D eigenvalue weighted by molar-refractivity contribution is 5.66. The summed E-state index contributed by atoms with van der Waals surface area (Å²) < 4.78 is 16.3. The molecule has 0 aromatic carbocycles. The van der Waals surface area contributed by atoms with E-state index in [-0.39, 0.29) is 13.2 Å². The van der Waals surface area contributed by atoms with E-state index in [1.54, 1.807) is 0 Å². The third-order valence-electron chi connectivity index (χ3n) is 1.33. The highest BCUT2D eigenvalue weighted by Crippen LogP contribution is 1.97.